The van der Waals surface area contributed by atoms with Crippen molar-refractivity contribution < 1.29 is 4.74 Å². The number of benzene rings is 2. The fourth-order valence-corrected chi connectivity index (χ4v) is 2.63. The molecule has 2 aromatic rings. The second-order valence-electron chi connectivity index (χ2n) is 3.74. The summed E-state index contributed by atoms with van der Waals surface area (Å²) in [4.78, 5) is 5.02. The van der Waals surface area contributed by atoms with Crippen molar-refractivity contribution in [1.82, 2.24) is 4.84 Å². The van der Waals surface area contributed by atoms with Crippen molar-refractivity contribution in [3.05, 3.63) is 54.1 Å². The smallest absolute Gasteiger partial charge is 0.118 e. The van der Waals surface area contributed by atoms with Crippen molar-refractivity contribution in [2.75, 3.05) is 7.11 Å². The topological polar surface area (TPSA) is 21.3 Å². The van der Waals surface area contributed by atoms with E-state index in [2.05, 4.69) is 29.1 Å². The minimum atomic E-state index is 0.665. The normalized spacial score (nSPS) is 10.3. The van der Waals surface area contributed by atoms with Crippen LogP contribution in [0.25, 0.3) is 0 Å². The molecule has 94 valence electrons. The van der Waals surface area contributed by atoms with Crippen molar-refractivity contribution in [1.29, 1.82) is 0 Å². The van der Waals surface area contributed by atoms with Crippen LogP contribution in [0.5, 0.6) is 5.75 Å². The summed E-state index contributed by atoms with van der Waals surface area (Å²) in [5.74, 6) is 0.874. The Morgan fingerprint density at radius 3 is 2.56 bits per heavy atom. The number of methoxy groups -OCH3 is 1. The van der Waals surface area contributed by atoms with E-state index in [4.69, 9.17) is 16.5 Å². The Hall–Kier alpha value is -1.16. The summed E-state index contributed by atoms with van der Waals surface area (Å²) in [5, 5.41) is 0. The lowest BCUT2D eigenvalue weighted by molar-refractivity contribution is 0.414. The standard InChI is InChI=1S/C14H14ClNOS/c1-17-12-5-7-13(8-6-12)18-14-4-2-3-11(9-14)10-16-15/h2-9,16H,10H2,1H3. The molecule has 0 bridgehead atoms. The molecule has 2 rings (SSSR count). The first-order chi connectivity index (χ1) is 8.81. The van der Waals surface area contributed by atoms with E-state index in [1.165, 1.54) is 15.4 Å². The fourth-order valence-electron chi connectivity index (χ4n) is 1.58. The maximum absolute atomic E-state index is 5.51. The van der Waals surface area contributed by atoms with Crippen LogP contribution in [0.1, 0.15) is 5.56 Å². The van der Waals surface area contributed by atoms with Gasteiger partial charge in [-0.1, -0.05) is 23.9 Å². The predicted octanol–water partition coefficient (Wildman–Crippen LogP) is 4.09. The number of nitrogens with one attached hydrogen (secondary N) is 1. The van der Waals surface area contributed by atoms with Gasteiger partial charge >= 0.3 is 0 Å². The van der Waals surface area contributed by atoms with Crippen molar-refractivity contribution in [2.45, 2.75) is 16.3 Å². The van der Waals surface area contributed by atoms with Crippen molar-refractivity contribution in [3.63, 3.8) is 0 Å². The molecule has 0 aliphatic carbocycles. The zero-order chi connectivity index (χ0) is 12.8. The van der Waals surface area contributed by atoms with Crippen LogP contribution in [0.4, 0.5) is 0 Å². The van der Waals surface area contributed by atoms with Gasteiger partial charge in [0, 0.05) is 16.3 Å². The average Bonchev–Trinajstić information content (AvgIpc) is 2.40. The Morgan fingerprint density at radius 2 is 1.89 bits per heavy atom. The molecule has 18 heavy (non-hydrogen) atoms. The van der Waals surface area contributed by atoms with Gasteiger partial charge in [0.25, 0.3) is 0 Å². The zero-order valence-electron chi connectivity index (χ0n) is 10.0. The molecule has 0 aliphatic rings. The van der Waals surface area contributed by atoms with Crippen LogP contribution >= 0.6 is 23.5 Å². The molecule has 0 aromatic heterocycles. The van der Waals surface area contributed by atoms with Crippen LogP contribution in [0.2, 0.25) is 0 Å². The largest absolute Gasteiger partial charge is 0.497 e. The molecule has 0 spiro atoms. The quantitative estimate of drug-likeness (QED) is 0.833. The molecule has 1 N–H and O–H groups in total. The third-order valence-corrected chi connectivity index (χ3v) is 3.60. The first-order valence-electron chi connectivity index (χ1n) is 5.56. The van der Waals surface area contributed by atoms with Gasteiger partial charge in [-0.15, -0.1) is 0 Å². The Balaban J connectivity index is 2.09. The lowest BCUT2D eigenvalue weighted by atomic mass is 10.2. The molecule has 2 aromatic carbocycles. The van der Waals surface area contributed by atoms with Crippen LogP contribution in [-0.2, 0) is 6.54 Å². The highest BCUT2D eigenvalue weighted by Crippen LogP contribution is 2.29. The molecule has 2 nitrogen and oxygen atoms in total. The van der Waals surface area contributed by atoms with Gasteiger partial charge in [-0.05, 0) is 53.7 Å². The zero-order valence-corrected chi connectivity index (χ0v) is 11.6. The predicted molar refractivity (Wildman–Crippen MR) is 76.3 cm³/mol. The average molecular weight is 280 g/mol. The van der Waals surface area contributed by atoms with Crippen molar-refractivity contribution >= 4 is 23.5 Å². The minimum absolute atomic E-state index is 0.665. The van der Waals surface area contributed by atoms with Gasteiger partial charge in [-0.3, -0.25) is 0 Å². The van der Waals surface area contributed by atoms with E-state index in [9.17, 15) is 0 Å². The Bertz CT molecular complexity index is 501. The molecule has 0 aliphatic heterocycles. The molecule has 0 radical (unpaired) electrons. The van der Waals surface area contributed by atoms with E-state index in [1.54, 1.807) is 18.9 Å². The Morgan fingerprint density at radius 1 is 1.11 bits per heavy atom. The van der Waals surface area contributed by atoms with E-state index >= 15 is 0 Å². The summed E-state index contributed by atoms with van der Waals surface area (Å²) in [5.41, 5.74) is 1.17. The number of hydrogen-bond donors (Lipinski definition) is 1. The molecule has 0 heterocycles. The monoisotopic (exact) mass is 279 g/mol. The third-order valence-electron chi connectivity index (χ3n) is 2.46. The van der Waals surface area contributed by atoms with E-state index in [0.29, 0.717) is 6.54 Å². The molecule has 0 saturated carbocycles. The van der Waals surface area contributed by atoms with Gasteiger partial charge in [0.1, 0.15) is 5.75 Å². The lowest BCUT2D eigenvalue weighted by Gasteiger charge is -2.05. The molecule has 4 heteroatoms. The van der Waals surface area contributed by atoms with Crippen LogP contribution in [0.3, 0.4) is 0 Å². The van der Waals surface area contributed by atoms with Gasteiger partial charge in [-0.2, -0.15) is 0 Å². The summed E-state index contributed by atoms with van der Waals surface area (Å²) < 4.78 is 5.14. The van der Waals surface area contributed by atoms with Crippen LogP contribution in [0.15, 0.2) is 58.3 Å². The van der Waals surface area contributed by atoms with Gasteiger partial charge in [0.15, 0.2) is 0 Å². The van der Waals surface area contributed by atoms with E-state index in [-0.39, 0.29) is 0 Å². The first-order valence-corrected chi connectivity index (χ1v) is 6.75. The first kappa shape index (κ1) is 13.3. The van der Waals surface area contributed by atoms with Gasteiger partial charge in [-0.25, -0.2) is 4.84 Å². The SMILES string of the molecule is COc1ccc(Sc2cccc(CNCl)c2)cc1. The van der Waals surface area contributed by atoms with Crippen LogP contribution in [0, 0.1) is 0 Å². The summed E-state index contributed by atoms with van der Waals surface area (Å²) in [6.07, 6.45) is 0. The lowest BCUT2D eigenvalue weighted by Crippen LogP contribution is -1.97. The molecule has 0 unspecified atom stereocenters. The number of halogens is 1. The summed E-state index contributed by atoms with van der Waals surface area (Å²) in [7, 11) is 1.67. The Kier molecular flexibility index (Phi) is 4.93. The second-order valence-corrected chi connectivity index (χ2v) is 5.15. The third kappa shape index (κ3) is 3.67. The highest BCUT2D eigenvalue weighted by Gasteiger charge is 1.99. The summed E-state index contributed by atoms with van der Waals surface area (Å²) in [6.45, 7) is 0.665. The van der Waals surface area contributed by atoms with E-state index in [1.807, 2.05) is 24.3 Å². The van der Waals surface area contributed by atoms with Crippen LogP contribution < -0.4 is 9.57 Å². The number of hydrogen-bond acceptors (Lipinski definition) is 3. The highest BCUT2D eigenvalue weighted by atomic mass is 35.5. The fraction of sp³-hybridized carbons (Fsp3) is 0.143. The molecule has 0 amide bonds. The maximum Gasteiger partial charge on any atom is 0.118 e. The second kappa shape index (κ2) is 6.69. The molecule has 0 saturated heterocycles. The number of rotatable bonds is 5. The van der Waals surface area contributed by atoms with Gasteiger partial charge < -0.3 is 4.74 Å². The van der Waals surface area contributed by atoms with Gasteiger partial charge in [0.2, 0.25) is 0 Å². The Labute approximate surface area is 116 Å². The summed E-state index contributed by atoms with van der Waals surface area (Å²) in [6, 6.07) is 16.3. The summed E-state index contributed by atoms with van der Waals surface area (Å²) >= 11 is 7.23. The van der Waals surface area contributed by atoms with Crippen LogP contribution in [-0.4, -0.2) is 7.11 Å². The van der Waals surface area contributed by atoms with E-state index in [0.717, 1.165) is 5.75 Å². The minimum Gasteiger partial charge on any atom is -0.497 e. The highest BCUT2D eigenvalue weighted by molar-refractivity contribution is 7.99. The van der Waals surface area contributed by atoms with Gasteiger partial charge in [0.05, 0.1) is 7.11 Å². The van der Waals surface area contributed by atoms with Crippen molar-refractivity contribution in [3.8, 4) is 5.75 Å². The molecule has 0 atom stereocenters. The van der Waals surface area contributed by atoms with Crippen molar-refractivity contribution in [2.24, 2.45) is 0 Å². The maximum atomic E-state index is 5.51. The molecular formula is C14H14ClNOS. The molecule has 0 fully saturated rings. The number of ether oxygens (including phenoxy) is 1. The molecular weight excluding hydrogens is 266 g/mol. The van der Waals surface area contributed by atoms with E-state index < -0.39 is 0 Å².